The lowest BCUT2D eigenvalue weighted by molar-refractivity contribution is -0.136. The van der Waals surface area contributed by atoms with Crippen LogP contribution in [-0.4, -0.2) is 65.5 Å². The Morgan fingerprint density at radius 1 is 1.06 bits per heavy atom. The molecule has 0 spiro atoms. The molecule has 1 aromatic rings. The largest absolute Gasteiger partial charge is 0.337 e. The van der Waals surface area contributed by atoms with Crippen molar-refractivity contribution in [1.29, 1.82) is 0 Å². The average Bonchev–Trinajstić information content (AvgIpc) is 2.84. The van der Waals surface area contributed by atoms with Gasteiger partial charge in [-0.1, -0.05) is 57.7 Å². The van der Waals surface area contributed by atoms with Crippen molar-refractivity contribution in [3.05, 3.63) is 29.3 Å². The molecule has 1 heterocycles. The van der Waals surface area contributed by atoms with Gasteiger partial charge >= 0.3 is 12.1 Å². The molecule has 1 aliphatic heterocycles. The number of para-hydroxylation sites is 1. The van der Waals surface area contributed by atoms with Crippen molar-refractivity contribution in [1.82, 2.24) is 20.4 Å². The fourth-order valence-corrected chi connectivity index (χ4v) is 5.15. The summed E-state index contributed by atoms with van der Waals surface area (Å²) in [5.41, 5.74) is 2.72. The maximum atomic E-state index is 13.5. The van der Waals surface area contributed by atoms with Crippen LogP contribution in [0.1, 0.15) is 70.4 Å². The number of urea groups is 2. The van der Waals surface area contributed by atoms with E-state index in [9.17, 15) is 14.4 Å². The zero-order chi connectivity index (χ0) is 25.5. The highest BCUT2D eigenvalue weighted by molar-refractivity contribution is 5.95. The number of aryl methyl sites for hydroxylation is 2. The van der Waals surface area contributed by atoms with E-state index in [1.807, 2.05) is 57.7 Å². The number of benzene rings is 1. The first kappa shape index (κ1) is 26.8. The Kier molecular flexibility index (Phi) is 9.40. The number of hydrogen-bond donors (Lipinski definition) is 3. The molecule has 3 N–H and O–H groups in total. The predicted octanol–water partition coefficient (Wildman–Crippen LogP) is 4.41. The van der Waals surface area contributed by atoms with Crippen LogP contribution in [0.4, 0.5) is 15.3 Å². The zero-order valence-electron chi connectivity index (χ0n) is 22.0. The summed E-state index contributed by atoms with van der Waals surface area (Å²) in [7, 11) is 0. The van der Waals surface area contributed by atoms with E-state index in [-0.39, 0.29) is 36.0 Å². The van der Waals surface area contributed by atoms with Gasteiger partial charge in [-0.3, -0.25) is 4.79 Å². The highest BCUT2D eigenvalue weighted by Gasteiger charge is 2.35. The maximum Gasteiger partial charge on any atom is 0.319 e. The summed E-state index contributed by atoms with van der Waals surface area (Å²) in [6.45, 7) is 11.3. The fourth-order valence-electron chi connectivity index (χ4n) is 5.15. The van der Waals surface area contributed by atoms with Crippen LogP contribution in [0, 0.1) is 19.8 Å². The topological polar surface area (TPSA) is 93.8 Å². The molecule has 2 fully saturated rings. The Labute approximate surface area is 210 Å². The third kappa shape index (κ3) is 6.89. The fraction of sp³-hybridized carbons (Fsp3) is 0.667. The van der Waals surface area contributed by atoms with Gasteiger partial charge in [-0.25, -0.2) is 9.59 Å². The standard InChI is InChI=1S/C27H43N5O3/c1-6-18(2)24(30-26(34)29-23-19(3)11-10-12-20(23)4)25(33)31-15-16-32(21(5)17-31)27(35)28-22-13-8-7-9-14-22/h10-12,18,21-22,24H,6-9,13-17H2,1-5H3,(H,28,35)(H2,29,30,34). The second kappa shape index (κ2) is 12.3. The zero-order valence-corrected chi connectivity index (χ0v) is 22.0. The van der Waals surface area contributed by atoms with Gasteiger partial charge in [0.1, 0.15) is 6.04 Å². The van der Waals surface area contributed by atoms with E-state index in [2.05, 4.69) is 16.0 Å². The van der Waals surface area contributed by atoms with Crippen molar-refractivity contribution in [2.24, 2.45) is 5.92 Å². The first-order chi connectivity index (χ1) is 16.7. The van der Waals surface area contributed by atoms with E-state index in [0.29, 0.717) is 19.6 Å². The van der Waals surface area contributed by atoms with Crippen LogP contribution in [-0.2, 0) is 4.79 Å². The summed E-state index contributed by atoms with van der Waals surface area (Å²) in [6.07, 6.45) is 6.44. The summed E-state index contributed by atoms with van der Waals surface area (Å²) in [4.78, 5) is 42.9. The number of rotatable bonds is 6. The van der Waals surface area contributed by atoms with Crippen molar-refractivity contribution in [2.45, 2.75) is 91.3 Å². The summed E-state index contributed by atoms with van der Waals surface area (Å²) in [6, 6.07) is 5.00. The van der Waals surface area contributed by atoms with Gasteiger partial charge in [0.2, 0.25) is 5.91 Å². The van der Waals surface area contributed by atoms with Gasteiger partial charge in [0, 0.05) is 37.4 Å². The van der Waals surface area contributed by atoms with Gasteiger partial charge in [0.15, 0.2) is 0 Å². The van der Waals surface area contributed by atoms with Gasteiger partial charge < -0.3 is 25.8 Å². The summed E-state index contributed by atoms with van der Waals surface area (Å²) >= 11 is 0. The second-order valence-corrected chi connectivity index (χ2v) is 10.3. The molecule has 3 atom stereocenters. The summed E-state index contributed by atoms with van der Waals surface area (Å²) < 4.78 is 0. The van der Waals surface area contributed by atoms with Crippen LogP contribution in [0.5, 0.6) is 0 Å². The van der Waals surface area contributed by atoms with Crippen molar-refractivity contribution >= 4 is 23.7 Å². The molecule has 0 bridgehead atoms. The maximum absolute atomic E-state index is 13.5. The van der Waals surface area contributed by atoms with Crippen LogP contribution in [0.2, 0.25) is 0 Å². The van der Waals surface area contributed by atoms with E-state index < -0.39 is 6.04 Å². The number of anilines is 1. The minimum atomic E-state index is -0.626. The first-order valence-electron chi connectivity index (χ1n) is 13.2. The quantitative estimate of drug-likeness (QED) is 0.557. The van der Waals surface area contributed by atoms with Gasteiger partial charge in [0.05, 0.1) is 0 Å². The van der Waals surface area contributed by atoms with Crippen molar-refractivity contribution in [2.75, 3.05) is 25.0 Å². The molecule has 0 radical (unpaired) electrons. The highest BCUT2D eigenvalue weighted by atomic mass is 16.2. The Morgan fingerprint density at radius 2 is 1.71 bits per heavy atom. The lowest BCUT2D eigenvalue weighted by Crippen LogP contribution is -2.62. The molecule has 8 heteroatoms. The van der Waals surface area contributed by atoms with Gasteiger partial charge in [0.25, 0.3) is 0 Å². The Morgan fingerprint density at radius 3 is 2.31 bits per heavy atom. The summed E-state index contributed by atoms with van der Waals surface area (Å²) in [5.74, 6) is -0.107. The molecule has 1 saturated carbocycles. The molecule has 8 nitrogen and oxygen atoms in total. The molecule has 1 aromatic carbocycles. The molecule has 5 amide bonds. The van der Waals surface area contributed by atoms with Crippen LogP contribution in [0.15, 0.2) is 18.2 Å². The van der Waals surface area contributed by atoms with E-state index in [1.54, 1.807) is 4.90 Å². The molecule has 1 saturated heterocycles. The molecule has 2 aliphatic rings. The van der Waals surface area contributed by atoms with E-state index >= 15 is 0 Å². The average molecular weight is 486 g/mol. The lowest BCUT2D eigenvalue weighted by atomic mass is 9.95. The minimum Gasteiger partial charge on any atom is -0.337 e. The summed E-state index contributed by atoms with van der Waals surface area (Å²) in [5, 5.41) is 9.06. The predicted molar refractivity (Wildman–Crippen MR) is 139 cm³/mol. The van der Waals surface area contributed by atoms with E-state index in [0.717, 1.165) is 36.1 Å². The SMILES string of the molecule is CCC(C)C(NC(=O)Nc1c(C)cccc1C)C(=O)N1CCN(C(=O)NC2CCCCC2)C(C)C1. The monoisotopic (exact) mass is 485 g/mol. The smallest absolute Gasteiger partial charge is 0.319 e. The van der Waals surface area contributed by atoms with Crippen LogP contribution >= 0.6 is 0 Å². The Balaban J connectivity index is 1.60. The van der Waals surface area contributed by atoms with Crippen LogP contribution in [0.25, 0.3) is 0 Å². The number of hydrogen-bond acceptors (Lipinski definition) is 3. The van der Waals surface area contributed by atoms with Crippen molar-refractivity contribution in [3.8, 4) is 0 Å². The molecule has 0 aromatic heterocycles. The molecule has 3 unspecified atom stereocenters. The van der Waals surface area contributed by atoms with E-state index in [1.165, 1.54) is 19.3 Å². The number of carbonyl (C=O) groups is 3. The number of nitrogens with one attached hydrogen (secondary N) is 3. The molecule has 3 rings (SSSR count). The van der Waals surface area contributed by atoms with Crippen molar-refractivity contribution in [3.63, 3.8) is 0 Å². The van der Waals surface area contributed by atoms with E-state index in [4.69, 9.17) is 0 Å². The number of nitrogens with zero attached hydrogens (tertiary/aromatic N) is 2. The normalized spacial score (nSPS) is 20.7. The molecular formula is C27H43N5O3. The molecule has 35 heavy (non-hydrogen) atoms. The van der Waals surface area contributed by atoms with Crippen molar-refractivity contribution < 1.29 is 14.4 Å². The second-order valence-electron chi connectivity index (χ2n) is 10.3. The Hall–Kier alpha value is -2.77. The Bertz CT molecular complexity index is 879. The highest BCUT2D eigenvalue weighted by Crippen LogP contribution is 2.21. The third-order valence-electron chi connectivity index (χ3n) is 7.62. The lowest BCUT2D eigenvalue weighted by Gasteiger charge is -2.42. The molecule has 1 aliphatic carbocycles. The number of carbonyl (C=O) groups excluding carboxylic acids is 3. The molecule has 194 valence electrons. The first-order valence-corrected chi connectivity index (χ1v) is 13.2. The third-order valence-corrected chi connectivity index (χ3v) is 7.62. The van der Waals surface area contributed by atoms with Crippen LogP contribution < -0.4 is 16.0 Å². The van der Waals surface area contributed by atoms with Gasteiger partial charge in [-0.15, -0.1) is 0 Å². The molecular weight excluding hydrogens is 442 g/mol. The van der Waals surface area contributed by atoms with Crippen LogP contribution in [0.3, 0.4) is 0 Å². The number of piperazine rings is 1. The van der Waals surface area contributed by atoms with Gasteiger partial charge in [-0.2, -0.15) is 0 Å². The minimum absolute atomic E-state index is 0.0193. The van der Waals surface area contributed by atoms with Gasteiger partial charge in [-0.05, 0) is 50.7 Å². The number of amides is 5.